The lowest BCUT2D eigenvalue weighted by Gasteiger charge is -2.28. The minimum atomic E-state index is -0.102. The predicted octanol–water partition coefficient (Wildman–Crippen LogP) is 1.32. The van der Waals surface area contributed by atoms with Gasteiger partial charge in [0.15, 0.2) is 0 Å². The molecule has 0 spiro atoms. The van der Waals surface area contributed by atoms with Crippen LogP contribution < -0.4 is 15.5 Å². The molecule has 0 aromatic heterocycles. The number of carbonyl (C=O) groups excluding carboxylic acids is 2. The summed E-state index contributed by atoms with van der Waals surface area (Å²) in [5, 5.41) is 5.83. The van der Waals surface area contributed by atoms with Crippen LogP contribution >= 0.6 is 12.4 Å². The summed E-state index contributed by atoms with van der Waals surface area (Å²) in [5.74, 6) is -0.0375. The summed E-state index contributed by atoms with van der Waals surface area (Å²) in [6, 6.07) is 7.13. The molecule has 1 aliphatic rings. The van der Waals surface area contributed by atoms with Crippen molar-refractivity contribution in [2.24, 2.45) is 0 Å². The van der Waals surface area contributed by atoms with Crippen molar-refractivity contribution in [1.82, 2.24) is 15.5 Å². The lowest BCUT2D eigenvalue weighted by Crippen LogP contribution is -2.46. The number of amides is 3. The Morgan fingerprint density at radius 2 is 2.23 bits per heavy atom. The molecule has 0 radical (unpaired) electrons. The smallest absolute Gasteiger partial charge is 0.321 e. The normalized spacial score (nSPS) is 14.1. The van der Waals surface area contributed by atoms with Crippen molar-refractivity contribution >= 4 is 30.0 Å². The Kier molecular flexibility index (Phi) is 7.14. The molecule has 0 saturated carbocycles. The molecule has 1 aromatic rings. The number of nitrogens with one attached hydrogen (secondary N) is 2. The number of carbonyl (C=O) groups is 2. The number of nitrogens with zero attached hydrogens (tertiary/aromatic N) is 2. The number of urea groups is 1. The van der Waals surface area contributed by atoms with Crippen molar-refractivity contribution in [1.29, 1.82) is 0 Å². The number of likely N-dealkylation sites (N-methyl/N-ethyl adjacent to an activating group) is 2. The van der Waals surface area contributed by atoms with Crippen molar-refractivity contribution < 1.29 is 9.59 Å². The molecule has 1 aliphatic heterocycles. The van der Waals surface area contributed by atoms with Crippen LogP contribution in [0.2, 0.25) is 0 Å². The maximum Gasteiger partial charge on any atom is 0.321 e. The first-order valence-electron chi connectivity index (χ1n) is 7.19. The van der Waals surface area contributed by atoms with E-state index in [4.69, 9.17) is 0 Å². The highest BCUT2D eigenvalue weighted by atomic mass is 35.5. The van der Waals surface area contributed by atoms with E-state index in [-0.39, 0.29) is 24.3 Å². The third-order valence-corrected chi connectivity index (χ3v) is 3.53. The maximum absolute atomic E-state index is 12.3. The number of hydrogen-bond acceptors (Lipinski definition) is 3. The first-order chi connectivity index (χ1) is 10.1. The molecule has 22 heavy (non-hydrogen) atoms. The Bertz CT molecular complexity index is 524. The standard InChI is InChI=1S/C15H22N4O2.ClH/c1-16-8-10-18(2)14(20)12-5-3-6-13(11-12)19-9-4-7-17-15(19)21;/h3,5-6,11,16H,4,7-10H2,1-2H3,(H,17,21);1H. The minimum Gasteiger partial charge on any atom is -0.340 e. The third kappa shape index (κ3) is 4.35. The monoisotopic (exact) mass is 326 g/mol. The molecule has 122 valence electrons. The summed E-state index contributed by atoms with van der Waals surface area (Å²) >= 11 is 0. The molecule has 0 unspecified atom stereocenters. The second-order valence-corrected chi connectivity index (χ2v) is 5.12. The number of anilines is 1. The largest absolute Gasteiger partial charge is 0.340 e. The highest BCUT2D eigenvalue weighted by Crippen LogP contribution is 2.19. The average molecular weight is 327 g/mol. The molecule has 1 fully saturated rings. The zero-order valence-corrected chi connectivity index (χ0v) is 13.8. The molecule has 6 nitrogen and oxygen atoms in total. The van der Waals surface area contributed by atoms with Crippen LogP contribution in [0.15, 0.2) is 24.3 Å². The van der Waals surface area contributed by atoms with Gasteiger partial charge in [0.1, 0.15) is 0 Å². The first kappa shape index (κ1) is 18.3. The number of benzene rings is 1. The predicted molar refractivity (Wildman–Crippen MR) is 89.9 cm³/mol. The van der Waals surface area contributed by atoms with Crippen LogP contribution in [-0.4, -0.2) is 57.1 Å². The van der Waals surface area contributed by atoms with E-state index in [9.17, 15) is 9.59 Å². The summed E-state index contributed by atoms with van der Waals surface area (Å²) in [5.41, 5.74) is 1.37. The summed E-state index contributed by atoms with van der Waals surface area (Å²) < 4.78 is 0. The van der Waals surface area contributed by atoms with Crippen molar-refractivity contribution in [3.8, 4) is 0 Å². The fourth-order valence-electron chi connectivity index (χ4n) is 2.28. The van der Waals surface area contributed by atoms with Crippen molar-refractivity contribution in [2.45, 2.75) is 6.42 Å². The summed E-state index contributed by atoms with van der Waals surface area (Å²) in [6.07, 6.45) is 0.909. The lowest BCUT2D eigenvalue weighted by molar-refractivity contribution is 0.0797. The fourth-order valence-corrected chi connectivity index (χ4v) is 2.28. The lowest BCUT2D eigenvalue weighted by atomic mass is 10.1. The quantitative estimate of drug-likeness (QED) is 0.857. The Labute approximate surface area is 137 Å². The van der Waals surface area contributed by atoms with E-state index in [1.165, 1.54) is 0 Å². The van der Waals surface area contributed by atoms with E-state index in [0.29, 0.717) is 25.2 Å². The van der Waals surface area contributed by atoms with Crippen LogP contribution in [0, 0.1) is 0 Å². The Hall–Kier alpha value is -1.79. The van der Waals surface area contributed by atoms with E-state index in [1.807, 2.05) is 19.2 Å². The van der Waals surface area contributed by atoms with Crippen LogP contribution in [0.4, 0.5) is 10.5 Å². The molecular formula is C15H23ClN4O2. The second kappa shape index (κ2) is 8.60. The van der Waals surface area contributed by atoms with Gasteiger partial charge in [0, 0.05) is 44.5 Å². The Morgan fingerprint density at radius 3 is 2.91 bits per heavy atom. The first-order valence-corrected chi connectivity index (χ1v) is 7.19. The van der Waals surface area contributed by atoms with Gasteiger partial charge in [-0.3, -0.25) is 9.69 Å². The van der Waals surface area contributed by atoms with Crippen LogP contribution in [0.1, 0.15) is 16.8 Å². The molecule has 0 atom stereocenters. The summed E-state index contributed by atoms with van der Waals surface area (Å²) in [7, 11) is 3.63. The van der Waals surface area contributed by atoms with E-state index < -0.39 is 0 Å². The van der Waals surface area contributed by atoms with Crippen molar-refractivity contribution in [3.63, 3.8) is 0 Å². The highest BCUT2D eigenvalue weighted by Gasteiger charge is 2.20. The van der Waals surface area contributed by atoms with Gasteiger partial charge in [0.2, 0.25) is 0 Å². The van der Waals surface area contributed by atoms with Crippen LogP contribution in [0.25, 0.3) is 0 Å². The maximum atomic E-state index is 12.3. The summed E-state index contributed by atoms with van der Waals surface area (Å²) in [6.45, 7) is 2.78. The molecule has 3 amide bonds. The molecular weight excluding hydrogens is 304 g/mol. The molecule has 1 aromatic carbocycles. The van der Waals surface area contributed by atoms with Gasteiger partial charge < -0.3 is 15.5 Å². The number of hydrogen-bond donors (Lipinski definition) is 2. The third-order valence-electron chi connectivity index (χ3n) is 3.53. The molecule has 0 bridgehead atoms. The van der Waals surface area contributed by atoms with Crippen LogP contribution in [0.3, 0.4) is 0 Å². The van der Waals surface area contributed by atoms with Gasteiger partial charge in [-0.2, -0.15) is 0 Å². The Balaban J connectivity index is 0.00000242. The van der Waals surface area contributed by atoms with Gasteiger partial charge in [-0.05, 0) is 31.7 Å². The minimum absolute atomic E-state index is 0. The van der Waals surface area contributed by atoms with Crippen LogP contribution in [0.5, 0.6) is 0 Å². The average Bonchev–Trinajstić information content (AvgIpc) is 2.52. The van der Waals surface area contributed by atoms with Crippen molar-refractivity contribution in [3.05, 3.63) is 29.8 Å². The van der Waals surface area contributed by atoms with Crippen molar-refractivity contribution in [2.75, 3.05) is 45.2 Å². The van der Waals surface area contributed by atoms with Gasteiger partial charge in [-0.1, -0.05) is 6.07 Å². The molecule has 7 heteroatoms. The molecule has 2 rings (SSSR count). The van der Waals surface area contributed by atoms with Gasteiger partial charge in [-0.15, -0.1) is 12.4 Å². The highest BCUT2D eigenvalue weighted by molar-refractivity contribution is 5.97. The van der Waals surface area contributed by atoms with Gasteiger partial charge in [-0.25, -0.2) is 4.79 Å². The van der Waals surface area contributed by atoms with E-state index in [1.54, 1.807) is 29.0 Å². The molecule has 1 heterocycles. The molecule has 2 N–H and O–H groups in total. The van der Waals surface area contributed by atoms with Gasteiger partial charge in [0.25, 0.3) is 5.91 Å². The SMILES string of the molecule is CNCCN(C)C(=O)c1cccc(N2CCCNC2=O)c1.Cl. The zero-order valence-electron chi connectivity index (χ0n) is 13.0. The zero-order chi connectivity index (χ0) is 15.2. The number of rotatable bonds is 5. The molecule has 1 saturated heterocycles. The Morgan fingerprint density at radius 1 is 1.45 bits per heavy atom. The van der Waals surface area contributed by atoms with E-state index >= 15 is 0 Å². The fraction of sp³-hybridized carbons (Fsp3) is 0.467. The van der Waals surface area contributed by atoms with E-state index in [0.717, 1.165) is 18.7 Å². The van der Waals surface area contributed by atoms with Gasteiger partial charge in [0.05, 0.1) is 0 Å². The topological polar surface area (TPSA) is 64.7 Å². The number of halogens is 1. The summed E-state index contributed by atoms with van der Waals surface area (Å²) in [4.78, 5) is 27.6. The molecule has 0 aliphatic carbocycles. The van der Waals surface area contributed by atoms with Gasteiger partial charge >= 0.3 is 6.03 Å². The van der Waals surface area contributed by atoms with E-state index in [2.05, 4.69) is 10.6 Å². The van der Waals surface area contributed by atoms with Crippen LogP contribution in [-0.2, 0) is 0 Å². The second-order valence-electron chi connectivity index (χ2n) is 5.12.